The van der Waals surface area contributed by atoms with Gasteiger partial charge in [-0.15, -0.1) is 0 Å². The van der Waals surface area contributed by atoms with Gasteiger partial charge in [-0.2, -0.15) is 0 Å². The molecule has 0 aromatic heterocycles. The topological polar surface area (TPSA) is 102 Å². The monoisotopic (exact) mass is 294 g/mol. The maximum atomic E-state index is 11.3. The van der Waals surface area contributed by atoms with E-state index in [2.05, 4.69) is 5.32 Å². The van der Waals surface area contributed by atoms with Gasteiger partial charge in [-0.1, -0.05) is 12.1 Å². The molecule has 1 fully saturated rings. The van der Waals surface area contributed by atoms with Crippen LogP contribution in [0.2, 0.25) is 0 Å². The van der Waals surface area contributed by atoms with Crippen molar-refractivity contribution in [3.05, 3.63) is 39.4 Å². The predicted octanol–water partition coefficient (Wildman–Crippen LogP) is 1.95. The molecule has 0 aliphatic heterocycles. The normalized spacial score (nSPS) is 21.4. The van der Waals surface area contributed by atoms with Crippen LogP contribution in [0.3, 0.4) is 0 Å². The SMILES string of the molecule is COC1CCC(NCc2cccc([N+](=O)[O-])c2C(=O)O)C1. The first kappa shape index (κ1) is 15.4. The summed E-state index contributed by atoms with van der Waals surface area (Å²) in [4.78, 5) is 21.6. The molecule has 1 aromatic rings. The lowest BCUT2D eigenvalue weighted by atomic mass is 10.0. The number of nitrogens with one attached hydrogen (secondary N) is 1. The Morgan fingerprint density at radius 3 is 2.86 bits per heavy atom. The molecule has 2 N–H and O–H groups in total. The minimum atomic E-state index is -1.28. The van der Waals surface area contributed by atoms with Gasteiger partial charge in [-0.05, 0) is 24.8 Å². The Balaban J connectivity index is 2.11. The zero-order valence-electron chi connectivity index (χ0n) is 11.7. The van der Waals surface area contributed by atoms with Gasteiger partial charge < -0.3 is 15.2 Å². The highest BCUT2D eigenvalue weighted by Crippen LogP contribution is 2.25. The molecule has 1 aliphatic rings. The van der Waals surface area contributed by atoms with E-state index in [1.165, 1.54) is 12.1 Å². The lowest BCUT2D eigenvalue weighted by Gasteiger charge is -2.14. The Hall–Kier alpha value is -1.99. The van der Waals surface area contributed by atoms with Crippen LogP contribution < -0.4 is 5.32 Å². The Morgan fingerprint density at radius 1 is 1.52 bits per heavy atom. The van der Waals surface area contributed by atoms with E-state index in [1.807, 2.05) is 0 Å². The molecule has 0 amide bonds. The summed E-state index contributed by atoms with van der Waals surface area (Å²) in [6.45, 7) is 0.296. The van der Waals surface area contributed by atoms with E-state index in [1.54, 1.807) is 13.2 Å². The van der Waals surface area contributed by atoms with Crippen LogP contribution in [0.4, 0.5) is 5.69 Å². The van der Waals surface area contributed by atoms with Crippen LogP contribution in [-0.4, -0.2) is 35.3 Å². The molecule has 2 atom stereocenters. The van der Waals surface area contributed by atoms with E-state index in [0.717, 1.165) is 19.3 Å². The first-order valence-electron chi connectivity index (χ1n) is 6.78. The third-order valence-corrected chi connectivity index (χ3v) is 3.84. The maximum Gasteiger partial charge on any atom is 0.343 e. The number of nitro benzene ring substituents is 1. The first-order valence-corrected chi connectivity index (χ1v) is 6.78. The molecule has 7 nitrogen and oxygen atoms in total. The summed E-state index contributed by atoms with van der Waals surface area (Å²) in [6.07, 6.45) is 3.02. The van der Waals surface area contributed by atoms with Crippen molar-refractivity contribution >= 4 is 11.7 Å². The van der Waals surface area contributed by atoms with Gasteiger partial charge in [0.2, 0.25) is 0 Å². The predicted molar refractivity (Wildman–Crippen MR) is 75.3 cm³/mol. The number of benzene rings is 1. The van der Waals surface area contributed by atoms with Gasteiger partial charge in [0.25, 0.3) is 5.69 Å². The summed E-state index contributed by atoms with van der Waals surface area (Å²) >= 11 is 0. The fraction of sp³-hybridized carbons (Fsp3) is 0.500. The van der Waals surface area contributed by atoms with Crippen LogP contribution in [-0.2, 0) is 11.3 Å². The van der Waals surface area contributed by atoms with E-state index >= 15 is 0 Å². The third kappa shape index (κ3) is 3.56. The number of nitro groups is 1. The molecule has 0 radical (unpaired) electrons. The van der Waals surface area contributed by atoms with Gasteiger partial charge in [0.15, 0.2) is 0 Å². The highest BCUT2D eigenvalue weighted by Gasteiger charge is 2.26. The van der Waals surface area contributed by atoms with Crippen molar-refractivity contribution in [2.75, 3.05) is 7.11 Å². The minimum absolute atomic E-state index is 0.228. The van der Waals surface area contributed by atoms with Crippen LogP contribution in [0.5, 0.6) is 0 Å². The fourth-order valence-electron chi connectivity index (χ4n) is 2.73. The van der Waals surface area contributed by atoms with Crippen LogP contribution in [0, 0.1) is 10.1 Å². The van der Waals surface area contributed by atoms with Gasteiger partial charge in [-0.25, -0.2) is 4.79 Å². The quantitative estimate of drug-likeness (QED) is 0.614. The van der Waals surface area contributed by atoms with E-state index in [0.29, 0.717) is 12.1 Å². The standard InChI is InChI=1S/C14H18N2O5/c1-21-11-6-5-10(7-11)15-8-9-3-2-4-12(16(19)20)13(9)14(17)18/h2-4,10-11,15H,5-8H2,1H3,(H,17,18). The number of nitrogens with zero attached hydrogens (tertiary/aromatic N) is 1. The molecule has 1 saturated carbocycles. The van der Waals surface area contributed by atoms with E-state index in [9.17, 15) is 20.0 Å². The number of carboxylic acids is 1. The molecule has 0 heterocycles. The molecule has 114 valence electrons. The summed E-state index contributed by atoms with van der Waals surface area (Å²) in [7, 11) is 1.68. The zero-order chi connectivity index (χ0) is 15.4. The molecule has 2 rings (SSSR count). The molecule has 2 unspecified atom stereocenters. The van der Waals surface area contributed by atoms with Crippen molar-refractivity contribution < 1.29 is 19.6 Å². The number of carboxylic acid groups (broad SMARTS) is 1. The maximum absolute atomic E-state index is 11.3. The van der Waals surface area contributed by atoms with Crippen LogP contribution in [0.1, 0.15) is 35.2 Å². The van der Waals surface area contributed by atoms with E-state index in [4.69, 9.17) is 4.74 Å². The fourth-order valence-corrected chi connectivity index (χ4v) is 2.73. The van der Waals surface area contributed by atoms with Gasteiger partial charge in [0.05, 0.1) is 11.0 Å². The molecular weight excluding hydrogens is 276 g/mol. The third-order valence-electron chi connectivity index (χ3n) is 3.84. The number of ether oxygens (including phenoxy) is 1. The van der Waals surface area contributed by atoms with Crippen molar-refractivity contribution in [3.63, 3.8) is 0 Å². The molecule has 1 aromatic carbocycles. The summed E-state index contributed by atoms with van der Waals surface area (Å²) in [5.74, 6) is -1.28. The van der Waals surface area contributed by atoms with Crippen molar-refractivity contribution in [1.29, 1.82) is 0 Å². The smallest absolute Gasteiger partial charge is 0.343 e. The minimum Gasteiger partial charge on any atom is -0.477 e. The number of hydrogen-bond acceptors (Lipinski definition) is 5. The largest absolute Gasteiger partial charge is 0.477 e. The summed E-state index contributed by atoms with van der Waals surface area (Å²) in [5, 5.41) is 23.4. The number of aromatic carboxylic acids is 1. The van der Waals surface area contributed by atoms with Crippen LogP contribution in [0.15, 0.2) is 18.2 Å². The number of carbonyl (C=O) groups is 1. The lowest BCUT2D eigenvalue weighted by molar-refractivity contribution is -0.385. The number of methoxy groups -OCH3 is 1. The van der Waals surface area contributed by atoms with Crippen molar-refractivity contribution in [2.45, 2.75) is 38.0 Å². The van der Waals surface area contributed by atoms with Crippen LogP contribution in [0.25, 0.3) is 0 Å². The number of hydrogen-bond donors (Lipinski definition) is 2. The molecule has 1 aliphatic carbocycles. The van der Waals surface area contributed by atoms with Gasteiger partial charge >= 0.3 is 5.97 Å². The van der Waals surface area contributed by atoms with Gasteiger partial charge in [0, 0.05) is 25.8 Å². The molecular formula is C14H18N2O5. The average Bonchev–Trinajstić information content (AvgIpc) is 2.92. The molecule has 7 heteroatoms. The van der Waals surface area contributed by atoms with E-state index in [-0.39, 0.29) is 23.4 Å². The Kier molecular flexibility index (Phi) is 4.87. The van der Waals surface area contributed by atoms with Gasteiger partial charge in [0.1, 0.15) is 5.56 Å². The zero-order valence-corrected chi connectivity index (χ0v) is 11.7. The molecule has 0 bridgehead atoms. The lowest BCUT2D eigenvalue weighted by Crippen LogP contribution is -2.27. The Morgan fingerprint density at radius 2 is 2.29 bits per heavy atom. The summed E-state index contributed by atoms with van der Waals surface area (Å²) in [6, 6.07) is 4.57. The first-order chi connectivity index (χ1) is 10.0. The highest BCUT2D eigenvalue weighted by atomic mass is 16.6. The second kappa shape index (κ2) is 6.64. The summed E-state index contributed by atoms with van der Waals surface area (Å²) in [5.41, 5.74) is -0.183. The molecule has 21 heavy (non-hydrogen) atoms. The second-order valence-corrected chi connectivity index (χ2v) is 5.12. The summed E-state index contributed by atoms with van der Waals surface area (Å²) < 4.78 is 5.28. The molecule has 0 spiro atoms. The van der Waals surface area contributed by atoms with E-state index < -0.39 is 10.9 Å². The second-order valence-electron chi connectivity index (χ2n) is 5.12. The van der Waals surface area contributed by atoms with Crippen molar-refractivity contribution in [3.8, 4) is 0 Å². The highest BCUT2D eigenvalue weighted by molar-refractivity contribution is 5.94. The van der Waals surface area contributed by atoms with Gasteiger partial charge in [-0.3, -0.25) is 10.1 Å². The average molecular weight is 294 g/mol. The van der Waals surface area contributed by atoms with Crippen molar-refractivity contribution in [2.24, 2.45) is 0 Å². The van der Waals surface area contributed by atoms with Crippen molar-refractivity contribution in [1.82, 2.24) is 5.32 Å². The number of rotatable bonds is 6. The Bertz CT molecular complexity index is 546. The molecule has 0 saturated heterocycles. The van der Waals surface area contributed by atoms with Crippen LogP contribution >= 0.6 is 0 Å². The Labute approximate surface area is 122 Å².